The van der Waals surface area contributed by atoms with Crippen molar-refractivity contribution in [2.75, 3.05) is 5.32 Å². The molecular weight excluding hydrogens is 230 g/mol. The molecule has 1 aromatic rings. The summed E-state index contributed by atoms with van der Waals surface area (Å²) in [6, 6.07) is -0.0490. The van der Waals surface area contributed by atoms with E-state index >= 15 is 0 Å². The van der Waals surface area contributed by atoms with Crippen molar-refractivity contribution in [1.29, 1.82) is 0 Å². The van der Waals surface area contributed by atoms with E-state index in [1.807, 2.05) is 0 Å². The molecule has 0 saturated heterocycles. The Morgan fingerprint density at radius 2 is 2.33 bits per heavy atom. The second kappa shape index (κ2) is 5.80. The number of fused-ring (bicyclic) bond motifs is 1. The topological polar surface area (TPSA) is 75.1 Å². The summed E-state index contributed by atoms with van der Waals surface area (Å²) >= 11 is 0. The second-order valence-electron chi connectivity index (χ2n) is 4.73. The van der Waals surface area contributed by atoms with Crippen LogP contribution in [-0.4, -0.2) is 27.1 Å². The van der Waals surface area contributed by atoms with Crippen molar-refractivity contribution in [1.82, 2.24) is 9.97 Å². The highest BCUT2D eigenvalue weighted by Crippen LogP contribution is 2.26. The Bertz CT molecular complexity index is 434. The fourth-order valence-corrected chi connectivity index (χ4v) is 2.46. The van der Waals surface area contributed by atoms with Crippen molar-refractivity contribution in [3.63, 3.8) is 0 Å². The molecule has 5 nitrogen and oxygen atoms in total. The molecule has 2 rings (SSSR count). The lowest BCUT2D eigenvalue weighted by Gasteiger charge is -2.18. The standard InChI is InChI=1S/C13H19N3O2/c1-2-4-9(7-12(17)18)16-13-10-5-3-6-11(10)14-8-15-13/h8-9H,2-7H2,1H3,(H,17,18)(H,14,15,16). The van der Waals surface area contributed by atoms with E-state index in [9.17, 15) is 4.79 Å². The predicted octanol–water partition coefficient (Wildman–Crippen LogP) is 2.02. The Morgan fingerprint density at radius 3 is 3.06 bits per heavy atom. The van der Waals surface area contributed by atoms with E-state index in [0.717, 1.165) is 43.6 Å². The van der Waals surface area contributed by atoms with Crippen molar-refractivity contribution in [2.45, 2.75) is 51.5 Å². The maximum absolute atomic E-state index is 10.8. The van der Waals surface area contributed by atoms with Crippen molar-refractivity contribution < 1.29 is 9.90 Å². The molecule has 0 radical (unpaired) electrons. The smallest absolute Gasteiger partial charge is 0.305 e. The van der Waals surface area contributed by atoms with E-state index in [4.69, 9.17) is 5.11 Å². The number of aryl methyl sites for hydroxylation is 1. The van der Waals surface area contributed by atoms with E-state index in [-0.39, 0.29) is 12.5 Å². The summed E-state index contributed by atoms with van der Waals surface area (Å²) < 4.78 is 0. The number of carboxylic acid groups (broad SMARTS) is 1. The van der Waals surface area contributed by atoms with Gasteiger partial charge in [-0.25, -0.2) is 9.97 Å². The first-order valence-electron chi connectivity index (χ1n) is 6.51. The zero-order chi connectivity index (χ0) is 13.0. The Labute approximate surface area is 107 Å². The summed E-state index contributed by atoms with van der Waals surface area (Å²) in [6.45, 7) is 2.06. The largest absolute Gasteiger partial charge is 0.481 e. The van der Waals surface area contributed by atoms with E-state index in [1.54, 1.807) is 6.33 Å². The molecule has 0 aliphatic heterocycles. The number of hydrogen-bond donors (Lipinski definition) is 2. The summed E-state index contributed by atoms with van der Waals surface area (Å²) in [7, 11) is 0. The van der Waals surface area contributed by atoms with Crippen LogP contribution in [0.5, 0.6) is 0 Å². The first-order chi connectivity index (χ1) is 8.70. The Hall–Kier alpha value is -1.65. The van der Waals surface area contributed by atoms with Gasteiger partial charge in [0, 0.05) is 17.3 Å². The molecule has 0 spiro atoms. The van der Waals surface area contributed by atoms with Gasteiger partial charge in [0.1, 0.15) is 12.1 Å². The molecule has 0 amide bonds. The Kier molecular flexibility index (Phi) is 4.12. The number of aromatic nitrogens is 2. The number of aliphatic carboxylic acids is 1. The lowest BCUT2D eigenvalue weighted by molar-refractivity contribution is -0.137. The van der Waals surface area contributed by atoms with E-state index in [1.165, 1.54) is 5.56 Å². The molecule has 2 N–H and O–H groups in total. The minimum atomic E-state index is -0.772. The highest BCUT2D eigenvalue weighted by Gasteiger charge is 2.20. The number of hydrogen-bond acceptors (Lipinski definition) is 4. The van der Waals surface area contributed by atoms with Gasteiger partial charge in [-0.15, -0.1) is 0 Å². The van der Waals surface area contributed by atoms with Gasteiger partial charge < -0.3 is 10.4 Å². The molecule has 98 valence electrons. The predicted molar refractivity (Wildman–Crippen MR) is 68.6 cm³/mol. The summed E-state index contributed by atoms with van der Waals surface area (Å²) in [6.07, 6.45) is 6.60. The zero-order valence-corrected chi connectivity index (χ0v) is 10.6. The van der Waals surface area contributed by atoms with Crippen LogP contribution in [0, 0.1) is 0 Å². The van der Waals surface area contributed by atoms with Crippen LogP contribution < -0.4 is 5.32 Å². The summed E-state index contributed by atoms with van der Waals surface area (Å²) in [5.74, 6) is 0.0591. The molecule has 1 aromatic heterocycles. The SMILES string of the molecule is CCCC(CC(=O)O)Nc1ncnc2c1CCC2. The van der Waals surface area contributed by atoms with Crippen LogP contribution in [0.1, 0.15) is 43.9 Å². The maximum Gasteiger partial charge on any atom is 0.305 e. The van der Waals surface area contributed by atoms with Crippen LogP contribution in [0.25, 0.3) is 0 Å². The van der Waals surface area contributed by atoms with Gasteiger partial charge in [-0.1, -0.05) is 13.3 Å². The molecule has 1 aliphatic carbocycles. The molecule has 1 atom stereocenters. The third-order valence-electron chi connectivity index (χ3n) is 3.27. The molecule has 0 aromatic carbocycles. The van der Waals surface area contributed by atoms with Gasteiger partial charge in [0.15, 0.2) is 0 Å². The minimum Gasteiger partial charge on any atom is -0.481 e. The van der Waals surface area contributed by atoms with E-state index in [2.05, 4.69) is 22.2 Å². The second-order valence-corrected chi connectivity index (χ2v) is 4.73. The van der Waals surface area contributed by atoms with Crippen LogP contribution >= 0.6 is 0 Å². The third kappa shape index (κ3) is 2.97. The molecule has 5 heteroatoms. The zero-order valence-electron chi connectivity index (χ0n) is 10.6. The Balaban J connectivity index is 2.11. The van der Waals surface area contributed by atoms with E-state index < -0.39 is 5.97 Å². The monoisotopic (exact) mass is 249 g/mol. The van der Waals surface area contributed by atoms with Gasteiger partial charge in [-0.3, -0.25) is 4.79 Å². The summed E-state index contributed by atoms with van der Waals surface area (Å²) in [5.41, 5.74) is 2.28. The highest BCUT2D eigenvalue weighted by molar-refractivity contribution is 5.68. The van der Waals surface area contributed by atoms with Crippen molar-refractivity contribution >= 4 is 11.8 Å². The fraction of sp³-hybridized carbons (Fsp3) is 0.615. The normalized spacial score (nSPS) is 15.2. The first kappa shape index (κ1) is 12.8. The number of carboxylic acids is 1. The maximum atomic E-state index is 10.8. The molecule has 1 unspecified atom stereocenters. The van der Waals surface area contributed by atoms with Gasteiger partial charge in [0.05, 0.1) is 6.42 Å². The number of nitrogens with zero attached hydrogens (tertiary/aromatic N) is 2. The molecule has 0 saturated carbocycles. The van der Waals surface area contributed by atoms with Crippen LogP contribution in [0.3, 0.4) is 0 Å². The fourth-order valence-electron chi connectivity index (χ4n) is 2.46. The molecule has 1 aliphatic rings. The molecule has 0 bridgehead atoms. The quantitative estimate of drug-likeness (QED) is 0.806. The van der Waals surface area contributed by atoms with Crippen LogP contribution in [0.2, 0.25) is 0 Å². The van der Waals surface area contributed by atoms with Gasteiger partial charge in [-0.2, -0.15) is 0 Å². The van der Waals surface area contributed by atoms with E-state index in [0.29, 0.717) is 0 Å². The van der Waals surface area contributed by atoms with Crippen LogP contribution in [0.15, 0.2) is 6.33 Å². The van der Waals surface area contributed by atoms with Gasteiger partial charge in [0.25, 0.3) is 0 Å². The average molecular weight is 249 g/mol. The van der Waals surface area contributed by atoms with Crippen LogP contribution in [-0.2, 0) is 17.6 Å². The molecule has 18 heavy (non-hydrogen) atoms. The van der Waals surface area contributed by atoms with Crippen molar-refractivity contribution in [3.8, 4) is 0 Å². The Morgan fingerprint density at radius 1 is 1.50 bits per heavy atom. The number of carbonyl (C=O) groups is 1. The average Bonchev–Trinajstić information content (AvgIpc) is 2.77. The lowest BCUT2D eigenvalue weighted by atomic mass is 10.1. The van der Waals surface area contributed by atoms with Crippen molar-refractivity contribution in [2.24, 2.45) is 0 Å². The third-order valence-corrected chi connectivity index (χ3v) is 3.27. The number of nitrogens with one attached hydrogen (secondary N) is 1. The minimum absolute atomic E-state index is 0.0490. The van der Waals surface area contributed by atoms with Gasteiger partial charge >= 0.3 is 5.97 Å². The molecule has 1 heterocycles. The van der Waals surface area contributed by atoms with Gasteiger partial charge in [-0.05, 0) is 25.7 Å². The summed E-state index contributed by atoms with van der Waals surface area (Å²) in [4.78, 5) is 19.4. The number of anilines is 1. The summed E-state index contributed by atoms with van der Waals surface area (Å²) in [5, 5.41) is 12.2. The molecule has 0 fully saturated rings. The lowest BCUT2D eigenvalue weighted by Crippen LogP contribution is -2.24. The molecular formula is C13H19N3O2. The van der Waals surface area contributed by atoms with Gasteiger partial charge in [0.2, 0.25) is 0 Å². The van der Waals surface area contributed by atoms with Crippen molar-refractivity contribution in [3.05, 3.63) is 17.6 Å². The number of rotatable bonds is 6. The van der Waals surface area contributed by atoms with Crippen LogP contribution in [0.4, 0.5) is 5.82 Å². The highest BCUT2D eigenvalue weighted by atomic mass is 16.4. The first-order valence-corrected chi connectivity index (χ1v) is 6.51.